The van der Waals surface area contributed by atoms with Gasteiger partial charge in [0.1, 0.15) is 6.33 Å². The van der Waals surface area contributed by atoms with Gasteiger partial charge in [-0.05, 0) is 18.1 Å². The second-order valence-corrected chi connectivity index (χ2v) is 4.73. The molecule has 1 aromatic carbocycles. The van der Waals surface area contributed by atoms with Crippen molar-refractivity contribution in [2.75, 3.05) is 6.54 Å². The van der Waals surface area contributed by atoms with Crippen LogP contribution in [0.25, 0.3) is 10.9 Å². The maximum atomic E-state index is 11.8. The lowest BCUT2D eigenvalue weighted by Crippen LogP contribution is -2.29. The number of benzene rings is 1. The molecule has 0 fully saturated rings. The Balaban J connectivity index is 1.67. The fraction of sp³-hybridized carbons (Fsp3) is 0.200. The Morgan fingerprint density at radius 3 is 3.00 bits per heavy atom. The van der Waals surface area contributed by atoms with E-state index in [0.29, 0.717) is 6.54 Å². The molecule has 0 bridgehead atoms. The van der Waals surface area contributed by atoms with Gasteiger partial charge in [-0.1, -0.05) is 18.2 Å². The first kappa shape index (κ1) is 12.5. The molecular formula is C15H16N4O. The first-order valence-corrected chi connectivity index (χ1v) is 6.55. The van der Waals surface area contributed by atoms with Gasteiger partial charge in [0.15, 0.2) is 0 Å². The summed E-state index contributed by atoms with van der Waals surface area (Å²) in [6, 6.07) is 8.14. The van der Waals surface area contributed by atoms with Crippen molar-refractivity contribution in [2.45, 2.75) is 6.42 Å². The van der Waals surface area contributed by atoms with E-state index in [4.69, 9.17) is 0 Å². The quantitative estimate of drug-likeness (QED) is 0.791. The van der Waals surface area contributed by atoms with Crippen LogP contribution in [0.2, 0.25) is 0 Å². The third-order valence-electron chi connectivity index (χ3n) is 3.39. The summed E-state index contributed by atoms with van der Waals surface area (Å²) >= 11 is 0. The molecule has 3 rings (SSSR count). The van der Waals surface area contributed by atoms with E-state index < -0.39 is 0 Å². The van der Waals surface area contributed by atoms with Gasteiger partial charge in [0.05, 0.1) is 0 Å². The number of para-hydroxylation sites is 1. The Labute approximate surface area is 116 Å². The minimum atomic E-state index is -0.150. The number of carbonyl (C=O) groups is 1. The largest absolute Gasteiger partial charge is 0.350 e. The number of hydrogen-bond donors (Lipinski definition) is 1. The summed E-state index contributed by atoms with van der Waals surface area (Å²) in [5, 5.41) is 4.12. The summed E-state index contributed by atoms with van der Waals surface area (Å²) in [6.07, 6.45) is 7.64. The van der Waals surface area contributed by atoms with Gasteiger partial charge in [0.25, 0.3) is 0 Å². The van der Waals surface area contributed by atoms with Crippen LogP contribution in [0.1, 0.15) is 5.56 Å². The fourth-order valence-corrected chi connectivity index (χ4v) is 2.40. The molecule has 0 saturated carbocycles. The van der Waals surface area contributed by atoms with Gasteiger partial charge in [0.2, 0.25) is 0 Å². The van der Waals surface area contributed by atoms with E-state index in [2.05, 4.69) is 33.2 Å². The van der Waals surface area contributed by atoms with E-state index >= 15 is 0 Å². The summed E-state index contributed by atoms with van der Waals surface area (Å²) in [4.78, 5) is 15.6. The summed E-state index contributed by atoms with van der Waals surface area (Å²) in [5.74, 6) is 0. The maximum absolute atomic E-state index is 11.8. The van der Waals surface area contributed by atoms with Crippen LogP contribution in [-0.2, 0) is 13.5 Å². The molecule has 0 spiro atoms. The lowest BCUT2D eigenvalue weighted by molar-refractivity contribution is 0.242. The number of fused-ring (bicyclic) bond motifs is 1. The van der Waals surface area contributed by atoms with Crippen molar-refractivity contribution in [3.05, 3.63) is 54.7 Å². The molecule has 102 valence electrons. The van der Waals surface area contributed by atoms with E-state index in [1.54, 1.807) is 12.4 Å². The molecule has 0 aliphatic carbocycles. The minimum Gasteiger partial charge on any atom is -0.350 e. The Kier molecular flexibility index (Phi) is 3.25. The molecule has 1 amide bonds. The molecule has 2 aromatic heterocycles. The molecule has 1 N–H and O–H groups in total. The van der Waals surface area contributed by atoms with E-state index in [0.717, 1.165) is 6.42 Å². The van der Waals surface area contributed by atoms with Crippen molar-refractivity contribution in [3.8, 4) is 0 Å². The highest BCUT2D eigenvalue weighted by Gasteiger charge is 2.07. The predicted molar refractivity (Wildman–Crippen MR) is 77.6 cm³/mol. The van der Waals surface area contributed by atoms with Crippen molar-refractivity contribution in [1.29, 1.82) is 0 Å². The zero-order valence-corrected chi connectivity index (χ0v) is 11.3. The van der Waals surface area contributed by atoms with Crippen molar-refractivity contribution in [1.82, 2.24) is 19.4 Å². The first-order valence-electron chi connectivity index (χ1n) is 6.55. The van der Waals surface area contributed by atoms with E-state index in [1.165, 1.54) is 27.4 Å². The smallest absolute Gasteiger partial charge is 0.326 e. The molecule has 2 heterocycles. The Morgan fingerprint density at radius 1 is 1.35 bits per heavy atom. The zero-order chi connectivity index (χ0) is 13.9. The third-order valence-corrected chi connectivity index (χ3v) is 3.39. The predicted octanol–water partition coefficient (Wildman–Crippen LogP) is 2.18. The van der Waals surface area contributed by atoms with Crippen molar-refractivity contribution >= 4 is 16.9 Å². The number of nitrogens with zero attached hydrogens (tertiary/aromatic N) is 3. The number of amides is 1. The van der Waals surface area contributed by atoms with Gasteiger partial charge in [0, 0.05) is 43.1 Å². The highest BCUT2D eigenvalue weighted by Crippen LogP contribution is 2.20. The lowest BCUT2D eigenvalue weighted by atomic mass is 10.1. The molecule has 20 heavy (non-hydrogen) atoms. The molecule has 0 aliphatic heterocycles. The third kappa shape index (κ3) is 2.30. The normalized spacial score (nSPS) is 10.8. The zero-order valence-electron chi connectivity index (χ0n) is 11.3. The van der Waals surface area contributed by atoms with Crippen LogP contribution >= 0.6 is 0 Å². The van der Waals surface area contributed by atoms with Crippen molar-refractivity contribution in [2.24, 2.45) is 7.05 Å². The van der Waals surface area contributed by atoms with Crippen LogP contribution in [-0.4, -0.2) is 26.7 Å². The number of rotatable bonds is 3. The average molecular weight is 268 g/mol. The van der Waals surface area contributed by atoms with Crippen molar-refractivity contribution in [3.63, 3.8) is 0 Å². The number of imidazole rings is 1. The monoisotopic (exact) mass is 268 g/mol. The van der Waals surface area contributed by atoms with Gasteiger partial charge in [-0.2, -0.15) is 0 Å². The first-order chi connectivity index (χ1) is 9.75. The molecular weight excluding hydrogens is 252 g/mol. The summed E-state index contributed by atoms with van der Waals surface area (Å²) in [5.41, 5.74) is 2.46. The van der Waals surface area contributed by atoms with Crippen LogP contribution in [0.5, 0.6) is 0 Å². The van der Waals surface area contributed by atoms with Crippen LogP contribution in [0, 0.1) is 0 Å². The standard InChI is InChI=1S/C15H16N4O/c1-18-10-12(13-4-2-3-5-14(13)18)6-7-17-15(20)19-9-8-16-11-19/h2-5,8-11H,6-7H2,1H3,(H,17,20). The van der Waals surface area contributed by atoms with E-state index in [1.807, 2.05) is 19.2 Å². The Morgan fingerprint density at radius 2 is 2.20 bits per heavy atom. The van der Waals surface area contributed by atoms with Crippen LogP contribution < -0.4 is 5.32 Å². The SMILES string of the molecule is Cn1cc(CCNC(=O)n2ccnc2)c2ccccc21. The minimum absolute atomic E-state index is 0.150. The number of aryl methyl sites for hydroxylation is 1. The molecule has 0 radical (unpaired) electrons. The Hall–Kier alpha value is -2.56. The van der Waals surface area contributed by atoms with Crippen LogP contribution in [0.3, 0.4) is 0 Å². The van der Waals surface area contributed by atoms with Gasteiger partial charge >= 0.3 is 6.03 Å². The van der Waals surface area contributed by atoms with Gasteiger partial charge in [-0.3, -0.25) is 4.57 Å². The van der Waals surface area contributed by atoms with Gasteiger partial charge in [-0.15, -0.1) is 0 Å². The van der Waals surface area contributed by atoms with Crippen molar-refractivity contribution < 1.29 is 4.79 Å². The lowest BCUT2D eigenvalue weighted by Gasteiger charge is -2.04. The Bertz CT molecular complexity index is 728. The molecule has 0 saturated heterocycles. The second kappa shape index (κ2) is 5.21. The molecule has 0 unspecified atom stereocenters. The number of carbonyl (C=O) groups excluding carboxylic acids is 1. The van der Waals surface area contributed by atoms with Crippen LogP contribution in [0.15, 0.2) is 49.2 Å². The maximum Gasteiger partial charge on any atom is 0.326 e. The summed E-state index contributed by atoms with van der Waals surface area (Å²) in [7, 11) is 2.04. The summed E-state index contributed by atoms with van der Waals surface area (Å²) < 4.78 is 3.55. The van der Waals surface area contributed by atoms with Crippen LogP contribution in [0.4, 0.5) is 4.79 Å². The van der Waals surface area contributed by atoms with Gasteiger partial charge in [-0.25, -0.2) is 9.78 Å². The number of nitrogens with one attached hydrogen (secondary N) is 1. The molecule has 5 heteroatoms. The molecule has 0 atom stereocenters. The molecule has 5 nitrogen and oxygen atoms in total. The molecule has 3 aromatic rings. The highest BCUT2D eigenvalue weighted by atomic mass is 16.2. The fourth-order valence-electron chi connectivity index (χ4n) is 2.40. The topological polar surface area (TPSA) is 51.9 Å². The second-order valence-electron chi connectivity index (χ2n) is 4.73. The number of hydrogen-bond acceptors (Lipinski definition) is 2. The number of aromatic nitrogens is 3. The van der Waals surface area contributed by atoms with Gasteiger partial charge < -0.3 is 9.88 Å². The average Bonchev–Trinajstić information content (AvgIpc) is 3.09. The highest BCUT2D eigenvalue weighted by molar-refractivity contribution is 5.84. The van der Waals surface area contributed by atoms with E-state index in [-0.39, 0.29) is 6.03 Å². The summed E-state index contributed by atoms with van der Waals surface area (Å²) in [6.45, 7) is 0.602. The molecule has 0 aliphatic rings. The van der Waals surface area contributed by atoms with E-state index in [9.17, 15) is 4.79 Å².